The fraction of sp³-hybridized carbons (Fsp3) is 0.115. The van der Waals surface area contributed by atoms with Gasteiger partial charge in [-0.15, -0.1) is 0 Å². The molecule has 0 bridgehead atoms. The number of halogens is 1. The topological polar surface area (TPSA) is 88.2 Å². The summed E-state index contributed by atoms with van der Waals surface area (Å²) in [4.78, 5) is 17.5. The number of hydrazone groups is 1. The van der Waals surface area contributed by atoms with E-state index in [1.165, 1.54) is 29.3 Å². The van der Waals surface area contributed by atoms with Gasteiger partial charge >= 0.3 is 5.91 Å². The van der Waals surface area contributed by atoms with Gasteiger partial charge in [0, 0.05) is 29.9 Å². The fourth-order valence-electron chi connectivity index (χ4n) is 3.79. The molecule has 8 heteroatoms. The molecule has 0 saturated heterocycles. The number of hydrogen-bond acceptors (Lipinski definition) is 6. The molecular formula is C26H20FN3O4. The molecule has 1 atom stereocenters. The van der Waals surface area contributed by atoms with E-state index in [0.29, 0.717) is 29.2 Å². The monoisotopic (exact) mass is 457 g/mol. The van der Waals surface area contributed by atoms with Crippen LogP contribution >= 0.6 is 0 Å². The van der Waals surface area contributed by atoms with E-state index in [1.807, 2.05) is 6.07 Å². The summed E-state index contributed by atoms with van der Waals surface area (Å²) in [6.07, 6.45) is 3.77. The number of aromatic hydroxyl groups is 1. The molecule has 1 amide bonds. The highest BCUT2D eigenvalue weighted by atomic mass is 19.1. The normalized spacial score (nSPS) is 15.3. The number of phenols is 1. The molecule has 170 valence electrons. The summed E-state index contributed by atoms with van der Waals surface area (Å²) < 4.78 is 24.4. The van der Waals surface area contributed by atoms with Gasteiger partial charge in [0.25, 0.3) is 0 Å². The molecule has 0 spiro atoms. The molecule has 4 aromatic rings. The Bertz CT molecular complexity index is 1340. The molecule has 0 radical (unpaired) electrons. The first-order valence-corrected chi connectivity index (χ1v) is 10.6. The molecule has 0 fully saturated rings. The average Bonchev–Trinajstić information content (AvgIpc) is 3.52. The van der Waals surface area contributed by atoms with Crippen molar-refractivity contribution in [2.24, 2.45) is 5.10 Å². The SMILES string of the molecule is O=C(c1ccc(COc2ccc(F)cc2)o1)N1N=C(c2cccnc2)CC1c1ccccc1O. The fourth-order valence-corrected chi connectivity index (χ4v) is 3.79. The third-order valence-electron chi connectivity index (χ3n) is 5.48. The van der Waals surface area contributed by atoms with Crippen LogP contribution in [0.25, 0.3) is 0 Å². The van der Waals surface area contributed by atoms with Crippen molar-refractivity contribution in [1.29, 1.82) is 0 Å². The van der Waals surface area contributed by atoms with E-state index < -0.39 is 11.9 Å². The zero-order valence-electron chi connectivity index (χ0n) is 18.0. The highest BCUT2D eigenvalue weighted by Crippen LogP contribution is 2.37. The quantitative estimate of drug-likeness (QED) is 0.436. The van der Waals surface area contributed by atoms with Crippen LogP contribution in [0.15, 0.2) is 94.7 Å². The molecule has 1 unspecified atom stereocenters. The standard InChI is InChI=1S/C26H20FN3O4/c27-18-7-9-19(10-8-18)33-16-20-11-12-25(34-20)26(32)30-23(21-5-1-2-6-24(21)31)14-22(29-30)17-4-3-13-28-15-17/h1-13,15,23,31H,14,16H2. The molecule has 5 rings (SSSR count). The number of phenolic OH excluding ortho intramolecular Hbond substituents is 1. The van der Waals surface area contributed by atoms with Gasteiger partial charge in [-0.05, 0) is 48.5 Å². The summed E-state index contributed by atoms with van der Waals surface area (Å²) >= 11 is 0. The number of furan rings is 1. The van der Waals surface area contributed by atoms with Crippen molar-refractivity contribution in [2.45, 2.75) is 19.1 Å². The minimum absolute atomic E-state index is 0.0754. The van der Waals surface area contributed by atoms with Crippen LogP contribution < -0.4 is 4.74 Å². The van der Waals surface area contributed by atoms with E-state index in [9.17, 15) is 14.3 Å². The molecule has 34 heavy (non-hydrogen) atoms. The van der Waals surface area contributed by atoms with Gasteiger partial charge in [0.05, 0.1) is 11.8 Å². The summed E-state index contributed by atoms with van der Waals surface area (Å²) in [6, 6.07) is 18.9. The van der Waals surface area contributed by atoms with Gasteiger partial charge in [0.1, 0.15) is 29.7 Å². The molecule has 0 aliphatic carbocycles. The van der Waals surface area contributed by atoms with Gasteiger partial charge < -0.3 is 14.3 Å². The highest BCUT2D eigenvalue weighted by Gasteiger charge is 2.36. The number of ether oxygens (including phenoxy) is 1. The van der Waals surface area contributed by atoms with Crippen LogP contribution in [-0.2, 0) is 6.61 Å². The molecule has 1 N–H and O–H groups in total. The lowest BCUT2D eigenvalue weighted by atomic mass is 9.98. The maximum absolute atomic E-state index is 13.4. The Morgan fingerprint density at radius 2 is 1.91 bits per heavy atom. The van der Waals surface area contributed by atoms with Crippen LogP contribution in [0, 0.1) is 5.82 Å². The Morgan fingerprint density at radius 1 is 1.09 bits per heavy atom. The number of benzene rings is 2. The Labute approximate surface area is 194 Å². The molecule has 1 aliphatic rings. The van der Waals surface area contributed by atoms with E-state index in [-0.39, 0.29) is 23.9 Å². The van der Waals surface area contributed by atoms with Gasteiger partial charge in [-0.3, -0.25) is 9.78 Å². The van der Waals surface area contributed by atoms with Crippen molar-refractivity contribution in [2.75, 3.05) is 0 Å². The maximum atomic E-state index is 13.4. The molecule has 0 saturated carbocycles. The van der Waals surface area contributed by atoms with Gasteiger partial charge in [0.15, 0.2) is 5.76 Å². The maximum Gasteiger partial charge on any atom is 0.310 e. The zero-order valence-corrected chi connectivity index (χ0v) is 18.0. The number of rotatable bonds is 6. The first kappa shape index (κ1) is 21.4. The third-order valence-corrected chi connectivity index (χ3v) is 5.48. The molecule has 1 aliphatic heterocycles. The van der Waals surface area contributed by atoms with Gasteiger partial charge in [-0.1, -0.05) is 24.3 Å². The summed E-state index contributed by atoms with van der Waals surface area (Å²) in [5.74, 6) is 0.294. The summed E-state index contributed by atoms with van der Waals surface area (Å²) in [6.45, 7) is 0.0754. The number of carbonyl (C=O) groups is 1. The molecule has 7 nitrogen and oxygen atoms in total. The van der Waals surface area contributed by atoms with Crippen LogP contribution in [0.4, 0.5) is 4.39 Å². The van der Waals surface area contributed by atoms with Gasteiger partial charge in [-0.2, -0.15) is 5.10 Å². The van der Waals surface area contributed by atoms with Crippen molar-refractivity contribution in [3.63, 3.8) is 0 Å². The van der Waals surface area contributed by atoms with E-state index in [0.717, 1.165) is 5.56 Å². The lowest BCUT2D eigenvalue weighted by Gasteiger charge is -2.21. The van der Waals surface area contributed by atoms with Crippen molar-refractivity contribution in [3.8, 4) is 11.5 Å². The number of aromatic nitrogens is 1. The number of amides is 1. The lowest BCUT2D eigenvalue weighted by molar-refractivity contribution is 0.0673. The second-order valence-electron chi connectivity index (χ2n) is 7.73. The highest BCUT2D eigenvalue weighted by molar-refractivity contribution is 6.04. The average molecular weight is 457 g/mol. The number of para-hydroxylation sites is 1. The van der Waals surface area contributed by atoms with Crippen LogP contribution in [0.3, 0.4) is 0 Å². The van der Waals surface area contributed by atoms with Crippen LogP contribution in [0.5, 0.6) is 11.5 Å². The number of nitrogens with zero attached hydrogens (tertiary/aromatic N) is 3. The lowest BCUT2D eigenvalue weighted by Crippen LogP contribution is -2.26. The first-order chi connectivity index (χ1) is 16.6. The van der Waals surface area contributed by atoms with Crippen LogP contribution in [-0.4, -0.2) is 26.7 Å². The summed E-state index contributed by atoms with van der Waals surface area (Å²) in [5, 5.41) is 16.3. The van der Waals surface area contributed by atoms with Crippen molar-refractivity contribution >= 4 is 11.6 Å². The van der Waals surface area contributed by atoms with Gasteiger partial charge in [0.2, 0.25) is 0 Å². The second kappa shape index (κ2) is 9.19. The van der Waals surface area contributed by atoms with Gasteiger partial charge in [-0.25, -0.2) is 9.40 Å². The smallest absolute Gasteiger partial charge is 0.310 e. The Morgan fingerprint density at radius 3 is 2.68 bits per heavy atom. The largest absolute Gasteiger partial charge is 0.508 e. The van der Waals surface area contributed by atoms with Crippen molar-refractivity contribution in [3.05, 3.63) is 114 Å². The zero-order chi connectivity index (χ0) is 23.5. The minimum atomic E-state index is -0.507. The van der Waals surface area contributed by atoms with Crippen molar-refractivity contribution < 1.29 is 23.4 Å². The molecule has 2 aromatic heterocycles. The van der Waals surface area contributed by atoms with E-state index >= 15 is 0 Å². The number of carbonyl (C=O) groups excluding carboxylic acids is 1. The molecular weight excluding hydrogens is 437 g/mol. The first-order valence-electron chi connectivity index (χ1n) is 10.6. The number of pyridine rings is 1. The van der Waals surface area contributed by atoms with Crippen LogP contribution in [0.2, 0.25) is 0 Å². The summed E-state index contributed by atoms with van der Waals surface area (Å²) in [5.41, 5.74) is 2.07. The Hall–Kier alpha value is -4.46. The summed E-state index contributed by atoms with van der Waals surface area (Å²) in [7, 11) is 0. The van der Waals surface area contributed by atoms with E-state index in [2.05, 4.69) is 10.1 Å². The number of hydrogen-bond donors (Lipinski definition) is 1. The molecule has 3 heterocycles. The molecule has 2 aromatic carbocycles. The predicted molar refractivity (Wildman–Crippen MR) is 122 cm³/mol. The van der Waals surface area contributed by atoms with Crippen LogP contribution in [0.1, 0.15) is 39.9 Å². The Balaban J connectivity index is 1.39. The van der Waals surface area contributed by atoms with E-state index in [4.69, 9.17) is 9.15 Å². The Kier molecular flexibility index (Phi) is 5.78. The minimum Gasteiger partial charge on any atom is -0.508 e. The van der Waals surface area contributed by atoms with E-state index in [1.54, 1.807) is 54.9 Å². The third kappa shape index (κ3) is 4.38. The van der Waals surface area contributed by atoms with Crippen molar-refractivity contribution in [1.82, 2.24) is 9.99 Å². The second-order valence-corrected chi connectivity index (χ2v) is 7.73. The predicted octanol–water partition coefficient (Wildman–Crippen LogP) is 5.09.